The van der Waals surface area contributed by atoms with Crippen LogP contribution in [0, 0.1) is 0 Å². The fourth-order valence-corrected chi connectivity index (χ4v) is 0.679. The highest BCUT2D eigenvalue weighted by molar-refractivity contribution is 5.67. The smallest absolute Gasteiger partial charge is 0.409 e. The van der Waals surface area contributed by atoms with Crippen LogP contribution < -0.4 is 0 Å². The van der Waals surface area contributed by atoms with E-state index in [1.54, 1.807) is 11.9 Å². The van der Waals surface area contributed by atoms with Crippen LogP contribution in [0.5, 0.6) is 0 Å². The molecule has 0 aliphatic carbocycles. The molecule has 3 nitrogen and oxygen atoms in total. The van der Waals surface area contributed by atoms with Crippen molar-refractivity contribution < 1.29 is 9.53 Å². The molecule has 0 aromatic rings. The maximum atomic E-state index is 11.0. The first-order chi connectivity index (χ1) is 5.13. The number of rotatable bonds is 3. The molecule has 11 heavy (non-hydrogen) atoms. The molecule has 0 aromatic carbocycles. The zero-order chi connectivity index (χ0) is 8.85. The third-order valence-corrected chi connectivity index (χ3v) is 1.81. The molecular formula is C8H17NO2. The lowest BCUT2D eigenvalue weighted by Gasteiger charge is -2.22. The molecular weight excluding hydrogens is 142 g/mol. The number of ether oxygens (including phenoxy) is 1. The van der Waals surface area contributed by atoms with Gasteiger partial charge in [0.1, 0.15) is 0 Å². The monoisotopic (exact) mass is 159 g/mol. The van der Waals surface area contributed by atoms with Crippen molar-refractivity contribution in [1.29, 1.82) is 0 Å². The molecule has 0 aliphatic heterocycles. The van der Waals surface area contributed by atoms with Gasteiger partial charge in [0.2, 0.25) is 0 Å². The molecule has 0 bridgehead atoms. The van der Waals surface area contributed by atoms with E-state index < -0.39 is 0 Å². The first kappa shape index (κ1) is 10.3. The molecule has 0 saturated heterocycles. The van der Waals surface area contributed by atoms with Gasteiger partial charge in [0.05, 0.1) is 6.61 Å². The average Bonchev–Trinajstić information content (AvgIpc) is 2.02. The summed E-state index contributed by atoms with van der Waals surface area (Å²) >= 11 is 0. The van der Waals surface area contributed by atoms with E-state index in [1.807, 2.05) is 20.8 Å². The summed E-state index contributed by atoms with van der Waals surface area (Å²) in [7, 11) is 1.76. The van der Waals surface area contributed by atoms with Crippen molar-refractivity contribution in [2.75, 3.05) is 13.7 Å². The van der Waals surface area contributed by atoms with Gasteiger partial charge in [0, 0.05) is 13.1 Å². The molecule has 0 heterocycles. The van der Waals surface area contributed by atoms with Crippen molar-refractivity contribution in [2.45, 2.75) is 33.2 Å². The van der Waals surface area contributed by atoms with E-state index in [9.17, 15) is 4.79 Å². The Morgan fingerprint density at radius 2 is 2.09 bits per heavy atom. The third-order valence-electron chi connectivity index (χ3n) is 1.81. The fraction of sp³-hybridized carbons (Fsp3) is 0.875. The zero-order valence-corrected chi connectivity index (χ0v) is 7.76. The van der Waals surface area contributed by atoms with Crippen molar-refractivity contribution in [3.8, 4) is 0 Å². The van der Waals surface area contributed by atoms with Crippen LogP contribution in [-0.2, 0) is 4.74 Å². The normalized spacial score (nSPS) is 12.4. The fourth-order valence-electron chi connectivity index (χ4n) is 0.679. The lowest BCUT2D eigenvalue weighted by atomic mass is 10.2. The van der Waals surface area contributed by atoms with E-state index in [-0.39, 0.29) is 12.1 Å². The van der Waals surface area contributed by atoms with E-state index in [0.717, 1.165) is 6.42 Å². The van der Waals surface area contributed by atoms with Gasteiger partial charge < -0.3 is 9.64 Å². The largest absolute Gasteiger partial charge is 0.450 e. The minimum Gasteiger partial charge on any atom is -0.450 e. The number of amides is 1. The van der Waals surface area contributed by atoms with Gasteiger partial charge in [-0.15, -0.1) is 0 Å². The van der Waals surface area contributed by atoms with Gasteiger partial charge in [-0.05, 0) is 20.3 Å². The molecule has 0 saturated carbocycles. The Morgan fingerprint density at radius 3 is 2.45 bits per heavy atom. The second-order valence-electron chi connectivity index (χ2n) is 2.57. The molecule has 0 spiro atoms. The van der Waals surface area contributed by atoms with Crippen LogP contribution in [0.2, 0.25) is 0 Å². The minimum atomic E-state index is -0.234. The van der Waals surface area contributed by atoms with Crippen LogP contribution in [0.15, 0.2) is 0 Å². The van der Waals surface area contributed by atoms with Crippen molar-refractivity contribution in [3.05, 3.63) is 0 Å². The Bertz CT molecular complexity index is 125. The highest BCUT2D eigenvalue weighted by Gasteiger charge is 2.13. The highest BCUT2D eigenvalue weighted by atomic mass is 16.6. The maximum absolute atomic E-state index is 11.0. The summed E-state index contributed by atoms with van der Waals surface area (Å²) in [5.74, 6) is 0. The number of carbonyl (C=O) groups is 1. The van der Waals surface area contributed by atoms with E-state index in [0.29, 0.717) is 6.61 Å². The Labute approximate surface area is 68.3 Å². The summed E-state index contributed by atoms with van der Waals surface area (Å²) in [5, 5.41) is 0. The zero-order valence-electron chi connectivity index (χ0n) is 7.76. The van der Waals surface area contributed by atoms with Gasteiger partial charge >= 0.3 is 6.09 Å². The maximum Gasteiger partial charge on any atom is 0.409 e. The topological polar surface area (TPSA) is 29.5 Å². The number of nitrogens with zero attached hydrogens (tertiary/aromatic N) is 1. The van der Waals surface area contributed by atoms with Gasteiger partial charge in [-0.1, -0.05) is 6.92 Å². The second kappa shape index (κ2) is 4.99. The first-order valence-electron chi connectivity index (χ1n) is 4.03. The van der Waals surface area contributed by atoms with Gasteiger partial charge in [-0.3, -0.25) is 0 Å². The summed E-state index contributed by atoms with van der Waals surface area (Å²) in [6.07, 6.45) is 0.719. The molecule has 0 radical (unpaired) electrons. The summed E-state index contributed by atoms with van der Waals surface area (Å²) in [6, 6.07) is 0.258. The Morgan fingerprint density at radius 1 is 1.55 bits per heavy atom. The predicted molar refractivity (Wildman–Crippen MR) is 44.5 cm³/mol. The first-order valence-corrected chi connectivity index (χ1v) is 4.03. The summed E-state index contributed by atoms with van der Waals surface area (Å²) in [6.45, 7) is 6.29. The molecule has 0 fully saturated rings. The van der Waals surface area contributed by atoms with Gasteiger partial charge in [-0.25, -0.2) is 4.79 Å². The van der Waals surface area contributed by atoms with E-state index >= 15 is 0 Å². The van der Waals surface area contributed by atoms with E-state index in [4.69, 9.17) is 4.74 Å². The lowest BCUT2D eigenvalue weighted by Crippen LogP contribution is -2.34. The van der Waals surface area contributed by atoms with Crippen molar-refractivity contribution >= 4 is 6.09 Å². The minimum absolute atomic E-state index is 0.234. The molecule has 3 heteroatoms. The summed E-state index contributed by atoms with van der Waals surface area (Å²) in [5.41, 5.74) is 0. The van der Waals surface area contributed by atoms with Gasteiger partial charge in [-0.2, -0.15) is 0 Å². The van der Waals surface area contributed by atoms with E-state index in [2.05, 4.69) is 0 Å². The standard InChI is InChI=1S/C8H17NO2/c1-5-7(3)9(4)8(10)11-6-2/h7H,5-6H2,1-4H3. The van der Waals surface area contributed by atoms with Crippen LogP contribution in [0.1, 0.15) is 27.2 Å². The lowest BCUT2D eigenvalue weighted by molar-refractivity contribution is 0.103. The molecule has 0 N–H and O–H groups in total. The van der Waals surface area contributed by atoms with Gasteiger partial charge in [0.15, 0.2) is 0 Å². The van der Waals surface area contributed by atoms with Crippen molar-refractivity contribution in [2.24, 2.45) is 0 Å². The molecule has 0 aliphatic rings. The number of hydrogen-bond donors (Lipinski definition) is 0. The van der Waals surface area contributed by atoms with Crippen LogP contribution in [0.3, 0.4) is 0 Å². The SMILES string of the molecule is CCOC(=O)N(C)C(C)CC. The van der Waals surface area contributed by atoms with Crippen LogP contribution in [-0.4, -0.2) is 30.7 Å². The van der Waals surface area contributed by atoms with Crippen LogP contribution >= 0.6 is 0 Å². The molecule has 66 valence electrons. The predicted octanol–water partition coefficient (Wildman–Crippen LogP) is 1.87. The highest BCUT2D eigenvalue weighted by Crippen LogP contribution is 2.01. The van der Waals surface area contributed by atoms with Crippen LogP contribution in [0.25, 0.3) is 0 Å². The Balaban J connectivity index is 3.80. The number of hydrogen-bond acceptors (Lipinski definition) is 2. The molecule has 0 aromatic heterocycles. The quantitative estimate of drug-likeness (QED) is 0.629. The average molecular weight is 159 g/mol. The van der Waals surface area contributed by atoms with Crippen LogP contribution in [0.4, 0.5) is 4.79 Å². The Hall–Kier alpha value is -0.730. The molecule has 1 unspecified atom stereocenters. The summed E-state index contributed by atoms with van der Waals surface area (Å²) < 4.78 is 4.81. The van der Waals surface area contributed by atoms with Gasteiger partial charge in [0.25, 0.3) is 0 Å². The van der Waals surface area contributed by atoms with E-state index in [1.165, 1.54) is 0 Å². The van der Waals surface area contributed by atoms with Crippen molar-refractivity contribution in [1.82, 2.24) is 4.90 Å². The number of carbonyl (C=O) groups excluding carboxylic acids is 1. The molecule has 0 rings (SSSR count). The molecule has 1 amide bonds. The molecule has 1 atom stereocenters. The second-order valence-corrected chi connectivity index (χ2v) is 2.57. The third kappa shape index (κ3) is 3.25. The summed E-state index contributed by atoms with van der Waals surface area (Å²) in [4.78, 5) is 12.7. The Kier molecular flexibility index (Phi) is 4.66. The van der Waals surface area contributed by atoms with Crippen molar-refractivity contribution in [3.63, 3.8) is 0 Å².